The van der Waals surface area contributed by atoms with Gasteiger partial charge in [0.05, 0.1) is 0 Å². The van der Waals surface area contributed by atoms with Crippen molar-refractivity contribution in [1.29, 1.82) is 0 Å². The second kappa shape index (κ2) is 10.8. The zero-order valence-corrected chi connectivity index (χ0v) is 16.1. The summed E-state index contributed by atoms with van der Waals surface area (Å²) < 4.78 is 0. The van der Waals surface area contributed by atoms with Gasteiger partial charge in [-0.25, -0.2) is 0 Å². The fraction of sp³-hybridized carbons (Fsp3) is 0.680. The minimum absolute atomic E-state index is 0.945. The van der Waals surface area contributed by atoms with Gasteiger partial charge >= 0.3 is 0 Å². The first-order valence-corrected chi connectivity index (χ1v) is 11.0. The summed E-state index contributed by atoms with van der Waals surface area (Å²) in [5.41, 5.74) is 0. The quantitative estimate of drug-likeness (QED) is 0.395. The molecule has 0 N–H and O–H groups in total. The van der Waals surface area contributed by atoms with Gasteiger partial charge in [0.1, 0.15) is 0 Å². The molecule has 4 aliphatic rings. The van der Waals surface area contributed by atoms with Gasteiger partial charge < -0.3 is 0 Å². The average molecular weight is 339 g/mol. The van der Waals surface area contributed by atoms with Crippen LogP contribution in [0.15, 0.2) is 48.6 Å². The summed E-state index contributed by atoms with van der Waals surface area (Å²) in [5.74, 6) is 3.85. The van der Waals surface area contributed by atoms with Crippen molar-refractivity contribution in [2.45, 2.75) is 83.5 Å². The van der Waals surface area contributed by atoms with Gasteiger partial charge in [-0.3, -0.25) is 0 Å². The second-order valence-electron chi connectivity index (χ2n) is 8.73. The van der Waals surface area contributed by atoms with E-state index in [4.69, 9.17) is 0 Å². The molecule has 0 amide bonds. The van der Waals surface area contributed by atoms with Gasteiger partial charge in [-0.2, -0.15) is 0 Å². The molecule has 0 aromatic heterocycles. The number of allylic oxidation sites excluding steroid dienone is 8. The summed E-state index contributed by atoms with van der Waals surface area (Å²) in [6.45, 7) is 0. The van der Waals surface area contributed by atoms with Crippen molar-refractivity contribution < 1.29 is 0 Å². The minimum Gasteiger partial charge on any atom is -0.0885 e. The molecule has 25 heavy (non-hydrogen) atoms. The highest BCUT2D eigenvalue weighted by atomic mass is 14.2. The predicted molar refractivity (Wildman–Crippen MR) is 111 cm³/mol. The summed E-state index contributed by atoms with van der Waals surface area (Å²) in [7, 11) is 0. The van der Waals surface area contributed by atoms with Crippen molar-refractivity contribution in [2.24, 2.45) is 23.7 Å². The minimum atomic E-state index is 0.945. The topological polar surface area (TPSA) is 0 Å². The third-order valence-electron chi connectivity index (χ3n) is 6.62. The van der Waals surface area contributed by atoms with Crippen LogP contribution < -0.4 is 0 Å². The van der Waals surface area contributed by atoms with E-state index in [1.54, 1.807) is 0 Å². The van der Waals surface area contributed by atoms with Crippen LogP contribution in [0.1, 0.15) is 83.5 Å². The van der Waals surface area contributed by atoms with Crippen molar-refractivity contribution in [3.05, 3.63) is 48.6 Å². The first-order chi connectivity index (χ1) is 12.4. The van der Waals surface area contributed by atoms with E-state index >= 15 is 0 Å². The Balaban J connectivity index is 0.000000146. The van der Waals surface area contributed by atoms with Crippen molar-refractivity contribution in [3.8, 4) is 0 Å². The number of hydrogen-bond acceptors (Lipinski definition) is 0. The molecule has 0 heteroatoms. The molecular formula is C25H38. The second-order valence-corrected chi connectivity index (χ2v) is 8.73. The van der Waals surface area contributed by atoms with Gasteiger partial charge in [-0.05, 0) is 107 Å². The zero-order valence-electron chi connectivity index (χ0n) is 16.1. The number of hydrogen-bond donors (Lipinski definition) is 0. The molecule has 4 aliphatic carbocycles. The molecular weight excluding hydrogens is 300 g/mol. The summed E-state index contributed by atoms with van der Waals surface area (Å²) in [5, 5.41) is 0. The third kappa shape index (κ3) is 7.00. The Labute approximate surface area is 156 Å². The van der Waals surface area contributed by atoms with Gasteiger partial charge in [-0.1, -0.05) is 48.6 Å². The van der Waals surface area contributed by atoms with Crippen LogP contribution in [0, 0.1) is 23.7 Å². The molecule has 4 bridgehead atoms. The van der Waals surface area contributed by atoms with Gasteiger partial charge in [-0.15, -0.1) is 0 Å². The largest absolute Gasteiger partial charge is 0.0885 e. The molecule has 2 atom stereocenters. The maximum Gasteiger partial charge on any atom is -0.0319 e. The van der Waals surface area contributed by atoms with Crippen LogP contribution in [0.25, 0.3) is 0 Å². The first-order valence-electron chi connectivity index (χ1n) is 11.0. The molecule has 2 unspecified atom stereocenters. The lowest BCUT2D eigenvalue weighted by atomic mass is 9.81. The highest BCUT2D eigenvalue weighted by molar-refractivity contribution is 4.97. The lowest BCUT2D eigenvalue weighted by Crippen LogP contribution is -2.11. The summed E-state index contributed by atoms with van der Waals surface area (Å²) in [4.78, 5) is 0. The normalized spacial score (nSPS) is 34.9. The fourth-order valence-corrected chi connectivity index (χ4v) is 4.90. The van der Waals surface area contributed by atoms with E-state index < -0.39 is 0 Å². The van der Waals surface area contributed by atoms with Crippen molar-refractivity contribution in [2.75, 3.05) is 0 Å². The lowest BCUT2D eigenvalue weighted by Gasteiger charge is -2.24. The van der Waals surface area contributed by atoms with Gasteiger partial charge in [0.2, 0.25) is 0 Å². The third-order valence-corrected chi connectivity index (χ3v) is 6.62. The Morgan fingerprint density at radius 2 is 0.720 bits per heavy atom. The van der Waals surface area contributed by atoms with Crippen LogP contribution in [0.2, 0.25) is 0 Å². The van der Waals surface area contributed by atoms with E-state index in [0.29, 0.717) is 0 Å². The predicted octanol–water partition coefficient (Wildman–Crippen LogP) is 7.79. The Morgan fingerprint density at radius 1 is 0.360 bits per heavy atom. The molecule has 0 heterocycles. The van der Waals surface area contributed by atoms with E-state index in [0.717, 1.165) is 23.7 Å². The SMILES string of the molecule is C1=CCC2CC=CCC(C1)CC2.C1=CCC2CCC=CCC(CC1)C2. The lowest BCUT2D eigenvalue weighted by molar-refractivity contribution is 0.331. The summed E-state index contributed by atoms with van der Waals surface area (Å²) in [6.07, 6.45) is 37.0. The molecule has 0 radical (unpaired) electrons. The Bertz CT molecular complexity index is 418. The highest BCUT2D eigenvalue weighted by Gasteiger charge is 2.17. The Morgan fingerprint density at radius 3 is 1.16 bits per heavy atom. The number of fused-ring (bicyclic) bond motifs is 5. The van der Waals surface area contributed by atoms with E-state index in [1.165, 1.54) is 83.5 Å². The van der Waals surface area contributed by atoms with Crippen LogP contribution in [-0.4, -0.2) is 0 Å². The van der Waals surface area contributed by atoms with E-state index in [1.807, 2.05) is 0 Å². The molecule has 0 nitrogen and oxygen atoms in total. The number of rotatable bonds is 0. The fourth-order valence-electron chi connectivity index (χ4n) is 4.90. The van der Waals surface area contributed by atoms with Gasteiger partial charge in [0, 0.05) is 0 Å². The first kappa shape index (κ1) is 18.7. The molecule has 4 rings (SSSR count). The summed E-state index contributed by atoms with van der Waals surface area (Å²) >= 11 is 0. The van der Waals surface area contributed by atoms with Crippen molar-refractivity contribution in [1.82, 2.24) is 0 Å². The maximum absolute atomic E-state index is 2.41. The van der Waals surface area contributed by atoms with Crippen LogP contribution in [0.4, 0.5) is 0 Å². The Kier molecular flexibility index (Phi) is 8.13. The average Bonchev–Trinajstić information content (AvgIpc) is 2.53. The standard InChI is InChI=1S/C13H20.C12H18/c1-3-7-12-9-5-2-6-10-13(11-12)8-4-1;1-2-6-12-8-4-3-7-11(5-1)9-10-12/h1-3,6,12-13H,4-5,7-11H2;1-4,11-12H,5-10H2. The smallest absolute Gasteiger partial charge is 0.0319 e. The maximum atomic E-state index is 2.41. The van der Waals surface area contributed by atoms with E-state index in [2.05, 4.69) is 48.6 Å². The van der Waals surface area contributed by atoms with Gasteiger partial charge in [0.25, 0.3) is 0 Å². The van der Waals surface area contributed by atoms with Crippen LogP contribution >= 0.6 is 0 Å². The molecule has 138 valence electrons. The Hall–Kier alpha value is -1.04. The molecule has 0 fully saturated rings. The molecule has 0 saturated heterocycles. The monoisotopic (exact) mass is 338 g/mol. The molecule has 0 spiro atoms. The van der Waals surface area contributed by atoms with Crippen LogP contribution in [0.3, 0.4) is 0 Å². The van der Waals surface area contributed by atoms with E-state index in [9.17, 15) is 0 Å². The summed E-state index contributed by atoms with van der Waals surface area (Å²) in [6, 6.07) is 0. The van der Waals surface area contributed by atoms with Crippen molar-refractivity contribution >= 4 is 0 Å². The van der Waals surface area contributed by atoms with Crippen molar-refractivity contribution in [3.63, 3.8) is 0 Å². The molecule has 0 aromatic carbocycles. The van der Waals surface area contributed by atoms with Gasteiger partial charge in [0.15, 0.2) is 0 Å². The molecule has 0 aromatic rings. The highest BCUT2D eigenvalue weighted by Crippen LogP contribution is 2.31. The van der Waals surface area contributed by atoms with E-state index in [-0.39, 0.29) is 0 Å². The zero-order chi connectivity index (χ0) is 17.2. The van der Waals surface area contributed by atoms with Crippen LogP contribution in [-0.2, 0) is 0 Å². The molecule has 0 aliphatic heterocycles. The molecule has 0 saturated carbocycles. The van der Waals surface area contributed by atoms with Crippen LogP contribution in [0.5, 0.6) is 0 Å².